The molecular formula is C15H20N4OS2. The van der Waals surface area contributed by atoms with Crippen molar-refractivity contribution >= 4 is 39.8 Å². The van der Waals surface area contributed by atoms with Crippen LogP contribution < -0.4 is 10.6 Å². The average Bonchev–Trinajstić information content (AvgIpc) is 2.99. The molecule has 1 heterocycles. The lowest BCUT2D eigenvalue weighted by molar-refractivity contribution is -0.118. The summed E-state index contributed by atoms with van der Waals surface area (Å²) in [5.74, 6) is 0.342. The Kier molecular flexibility index (Phi) is 6.67. The Balaban J connectivity index is 1.88. The van der Waals surface area contributed by atoms with E-state index in [1.54, 1.807) is 7.05 Å². The number of thioether (sulfide) groups is 1. The molecule has 0 fully saturated rings. The van der Waals surface area contributed by atoms with Crippen LogP contribution in [0.3, 0.4) is 0 Å². The monoisotopic (exact) mass is 336 g/mol. The number of carbonyl (C=O) groups excluding carboxylic acids is 1. The fourth-order valence-corrected chi connectivity index (χ4v) is 3.42. The summed E-state index contributed by atoms with van der Waals surface area (Å²) in [6, 6.07) is 8.40. The van der Waals surface area contributed by atoms with Crippen LogP contribution in [0, 0.1) is 0 Å². The highest BCUT2D eigenvalue weighted by Crippen LogP contribution is 2.27. The van der Waals surface area contributed by atoms with Gasteiger partial charge >= 0.3 is 0 Å². The third-order valence-electron chi connectivity index (χ3n) is 3.04. The molecule has 1 amide bonds. The van der Waals surface area contributed by atoms with Crippen molar-refractivity contribution in [3.05, 3.63) is 29.8 Å². The molecule has 2 aromatic rings. The van der Waals surface area contributed by atoms with Gasteiger partial charge in [-0.1, -0.05) is 48.6 Å². The van der Waals surface area contributed by atoms with Crippen LogP contribution in [0.5, 0.6) is 0 Å². The molecule has 0 saturated carbocycles. The highest BCUT2D eigenvalue weighted by molar-refractivity contribution is 8.01. The van der Waals surface area contributed by atoms with Gasteiger partial charge in [-0.05, 0) is 30.5 Å². The number of unbranched alkanes of at least 4 members (excludes halogenated alkanes) is 1. The molecule has 7 heteroatoms. The van der Waals surface area contributed by atoms with Crippen molar-refractivity contribution in [3.8, 4) is 0 Å². The van der Waals surface area contributed by atoms with E-state index < -0.39 is 0 Å². The van der Waals surface area contributed by atoms with E-state index in [1.165, 1.54) is 41.5 Å². The van der Waals surface area contributed by atoms with Gasteiger partial charge in [-0.25, -0.2) is 0 Å². The van der Waals surface area contributed by atoms with Crippen LogP contribution in [-0.2, 0) is 11.2 Å². The van der Waals surface area contributed by atoms with Gasteiger partial charge in [0, 0.05) is 12.7 Å². The maximum absolute atomic E-state index is 11.2. The zero-order valence-corrected chi connectivity index (χ0v) is 14.4. The largest absolute Gasteiger partial charge is 0.358 e. The summed E-state index contributed by atoms with van der Waals surface area (Å²) < 4.78 is 0.783. The van der Waals surface area contributed by atoms with Gasteiger partial charge in [0.25, 0.3) is 0 Å². The van der Waals surface area contributed by atoms with Gasteiger partial charge in [0.05, 0.1) is 5.75 Å². The van der Waals surface area contributed by atoms with Crippen LogP contribution in [0.25, 0.3) is 0 Å². The molecule has 0 unspecified atom stereocenters. The van der Waals surface area contributed by atoms with E-state index in [0.29, 0.717) is 5.75 Å². The van der Waals surface area contributed by atoms with Crippen molar-refractivity contribution in [1.29, 1.82) is 0 Å². The summed E-state index contributed by atoms with van der Waals surface area (Å²) in [6.45, 7) is 2.20. The molecule has 0 atom stereocenters. The second-order valence-corrected chi connectivity index (χ2v) is 6.96. The summed E-state index contributed by atoms with van der Waals surface area (Å²) in [7, 11) is 1.63. The van der Waals surface area contributed by atoms with Crippen molar-refractivity contribution < 1.29 is 4.79 Å². The average molecular weight is 336 g/mol. The number of nitrogens with one attached hydrogen (secondary N) is 2. The van der Waals surface area contributed by atoms with E-state index in [1.807, 2.05) is 0 Å². The second kappa shape index (κ2) is 8.75. The van der Waals surface area contributed by atoms with Crippen LogP contribution >= 0.6 is 23.1 Å². The Morgan fingerprint density at radius 3 is 2.73 bits per heavy atom. The number of aromatic nitrogens is 2. The first-order valence-electron chi connectivity index (χ1n) is 7.24. The zero-order chi connectivity index (χ0) is 15.8. The topological polar surface area (TPSA) is 66.9 Å². The summed E-state index contributed by atoms with van der Waals surface area (Å²) in [5, 5.41) is 14.7. The van der Waals surface area contributed by atoms with Gasteiger partial charge in [0.15, 0.2) is 4.34 Å². The number of hydrogen-bond acceptors (Lipinski definition) is 6. The van der Waals surface area contributed by atoms with Crippen LogP contribution in [0.2, 0.25) is 0 Å². The Labute approximate surface area is 138 Å². The summed E-state index contributed by atoms with van der Waals surface area (Å²) in [4.78, 5) is 11.2. The maximum atomic E-state index is 11.2. The number of amides is 1. The van der Waals surface area contributed by atoms with Crippen LogP contribution in [0.4, 0.5) is 10.8 Å². The molecule has 0 spiro atoms. The van der Waals surface area contributed by atoms with Crippen molar-refractivity contribution in [2.24, 2.45) is 0 Å². The molecule has 0 radical (unpaired) electrons. The van der Waals surface area contributed by atoms with Gasteiger partial charge in [-0.2, -0.15) is 0 Å². The standard InChI is InChI=1S/C15H20N4OS2/c1-3-4-5-11-6-8-12(9-7-11)17-14-18-19-15(22-14)21-10-13(20)16-2/h6-9H,3-5,10H2,1-2H3,(H,16,20)(H,17,18). The second-order valence-electron chi connectivity index (χ2n) is 4.76. The summed E-state index contributed by atoms with van der Waals surface area (Å²) in [6.07, 6.45) is 3.55. The number of aryl methyl sites for hydroxylation is 1. The first-order valence-corrected chi connectivity index (χ1v) is 9.04. The smallest absolute Gasteiger partial charge is 0.230 e. The molecule has 5 nitrogen and oxygen atoms in total. The molecule has 1 aromatic carbocycles. The van der Waals surface area contributed by atoms with E-state index in [2.05, 4.69) is 52.0 Å². The highest BCUT2D eigenvalue weighted by atomic mass is 32.2. The lowest BCUT2D eigenvalue weighted by atomic mass is 10.1. The Morgan fingerprint density at radius 2 is 2.05 bits per heavy atom. The first kappa shape index (κ1) is 16.8. The Morgan fingerprint density at radius 1 is 1.27 bits per heavy atom. The third-order valence-corrected chi connectivity index (χ3v) is 5.01. The van der Waals surface area contributed by atoms with E-state index in [0.717, 1.165) is 21.6 Å². The minimum Gasteiger partial charge on any atom is -0.358 e. The molecule has 22 heavy (non-hydrogen) atoms. The molecule has 0 aliphatic carbocycles. The molecule has 0 bridgehead atoms. The van der Waals surface area contributed by atoms with Crippen LogP contribution in [0.1, 0.15) is 25.3 Å². The number of carbonyl (C=O) groups is 1. The lowest BCUT2D eigenvalue weighted by Crippen LogP contribution is -2.19. The fourth-order valence-electron chi connectivity index (χ4n) is 1.78. The molecule has 1 aromatic heterocycles. The SMILES string of the molecule is CCCCc1ccc(Nc2nnc(SCC(=O)NC)s2)cc1. The van der Waals surface area contributed by atoms with Crippen molar-refractivity contribution in [2.45, 2.75) is 30.5 Å². The van der Waals surface area contributed by atoms with Crippen LogP contribution in [-0.4, -0.2) is 28.9 Å². The van der Waals surface area contributed by atoms with E-state index in [9.17, 15) is 4.79 Å². The van der Waals surface area contributed by atoms with Crippen LogP contribution in [0.15, 0.2) is 28.6 Å². The number of benzene rings is 1. The van der Waals surface area contributed by atoms with Gasteiger partial charge in [0.2, 0.25) is 11.0 Å². The predicted octanol–water partition coefficient (Wildman–Crippen LogP) is 3.46. The van der Waals surface area contributed by atoms with Crippen molar-refractivity contribution in [1.82, 2.24) is 15.5 Å². The quantitative estimate of drug-likeness (QED) is 0.723. The predicted molar refractivity (Wildman–Crippen MR) is 93.0 cm³/mol. The Bertz CT molecular complexity index is 598. The molecule has 0 aliphatic rings. The van der Waals surface area contributed by atoms with E-state index in [-0.39, 0.29) is 5.91 Å². The molecule has 0 aliphatic heterocycles. The van der Waals surface area contributed by atoms with Gasteiger partial charge in [0.1, 0.15) is 0 Å². The number of rotatable bonds is 8. The third kappa shape index (κ3) is 5.31. The van der Waals surface area contributed by atoms with Gasteiger partial charge < -0.3 is 10.6 Å². The highest BCUT2D eigenvalue weighted by Gasteiger charge is 2.07. The van der Waals surface area contributed by atoms with Gasteiger partial charge in [-0.3, -0.25) is 4.79 Å². The summed E-state index contributed by atoms with van der Waals surface area (Å²) in [5.41, 5.74) is 2.35. The molecule has 2 rings (SSSR count). The summed E-state index contributed by atoms with van der Waals surface area (Å²) >= 11 is 2.84. The van der Waals surface area contributed by atoms with Gasteiger partial charge in [-0.15, -0.1) is 10.2 Å². The zero-order valence-electron chi connectivity index (χ0n) is 12.8. The van der Waals surface area contributed by atoms with E-state index in [4.69, 9.17) is 0 Å². The minimum atomic E-state index is -0.0163. The Hall–Kier alpha value is -1.60. The molecule has 0 saturated heterocycles. The molecule has 2 N–H and O–H groups in total. The van der Waals surface area contributed by atoms with Crippen molar-refractivity contribution in [3.63, 3.8) is 0 Å². The molecular weight excluding hydrogens is 316 g/mol. The fraction of sp³-hybridized carbons (Fsp3) is 0.400. The normalized spacial score (nSPS) is 10.5. The molecule has 118 valence electrons. The first-order chi connectivity index (χ1) is 10.7. The lowest BCUT2D eigenvalue weighted by Gasteiger charge is -2.04. The van der Waals surface area contributed by atoms with Crippen molar-refractivity contribution in [2.75, 3.05) is 18.1 Å². The number of nitrogens with zero attached hydrogens (tertiary/aromatic N) is 2. The van der Waals surface area contributed by atoms with E-state index >= 15 is 0 Å². The number of hydrogen-bond donors (Lipinski definition) is 2. The number of anilines is 2. The minimum absolute atomic E-state index is 0.0163. The maximum Gasteiger partial charge on any atom is 0.230 e.